The summed E-state index contributed by atoms with van der Waals surface area (Å²) in [5, 5.41) is 0. The van der Waals surface area contributed by atoms with Crippen molar-refractivity contribution < 1.29 is 9.59 Å². The van der Waals surface area contributed by atoms with Crippen LogP contribution in [0.25, 0.3) is 0 Å². The van der Waals surface area contributed by atoms with Crippen LogP contribution in [0.4, 0.5) is 0 Å². The van der Waals surface area contributed by atoms with E-state index in [4.69, 9.17) is 0 Å². The second kappa shape index (κ2) is 3.95. The predicted molar refractivity (Wildman–Crippen MR) is 67.4 cm³/mol. The van der Waals surface area contributed by atoms with E-state index in [0.717, 1.165) is 12.0 Å². The summed E-state index contributed by atoms with van der Waals surface area (Å²) in [4.78, 5) is 23.3. The van der Waals surface area contributed by atoms with Crippen LogP contribution in [0.5, 0.6) is 0 Å². The molecule has 1 aromatic rings. The maximum atomic E-state index is 11.7. The summed E-state index contributed by atoms with van der Waals surface area (Å²) in [6.45, 7) is 6.46. The van der Waals surface area contributed by atoms with Crippen LogP contribution < -0.4 is 0 Å². The van der Waals surface area contributed by atoms with Crippen LogP contribution >= 0.6 is 0 Å². The molecule has 0 unspecified atom stereocenters. The quantitative estimate of drug-likeness (QED) is 0.739. The average Bonchev–Trinajstić information content (AvgIpc) is 2.21. The first-order valence-corrected chi connectivity index (χ1v) is 5.76. The molecule has 1 aliphatic carbocycles. The van der Waals surface area contributed by atoms with Gasteiger partial charge >= 0.3 is 0 Å². The monoisotopic (exact) mass is 228 g/mol. The molecule has 2 heteroatoms. The highest BCUT2D eigenvalue weighted by molar-refractivity contribution is 6.22. The van der Waals surface area contributed by atoms with E-state index in [1.807, 2.05) is 12.1 Å². The molecule has 0 spiro atoms. The molecule has 17 heavy (non-hydrogen) atoms. The van der Waals surface area contributed by atoms with Crippen LogP contribution in [0.3, 0.4) is 0 Å². The van der Waals surface area contributed by atoms with Crippen molar-refractivity contribution in [3.63, 3.8) is 0 Å². The SMILES string of the molecule is CC(C)(C)Cc1ccc2c(c1)C(=O)C=CC2=O. The Morgan fingerprint density at radius 1 is 0.941 bits per heavy atom. The normalized spacial score (nSPS) is 15.0. The van der Waals surface area contributed by atoms with Gasteiger partial charge in [0.2, 0.25) is 0 Å². The number of carbonyl (C=O) groups is 2. The maximum Gasteiger partial charge on any atom is 0.186 e. The summed E-state index contributed by atoms with van der Waals surface area (Å²) in [6, 6.07) is 5.55. The van der Waals surface area contributed by atoms with Gasteiger partial charge in [-0.25, -0.2) is 0 Å². The molecule has 0 saturated heterocycles. The van der Waals surface area contributed by atoms with E-state index < -0.39 is 0 Å². The first-order chi connectivity index (χ1) is 7.87. The Morgan fingerprint density at radius 2 is 1.53 bits per heavy atom. The van der Waals surface area contributed by atoms with Gasteiger partial charge in [0.15, 0.2) is 11.6 Å². The van der Waals surface area contributed by atoms with Gasteiger partial charge < -0.3 is 0 Å². The van der Waals surface area contributed by atoms with E-state index >= 15 is 0 Å². The first-order valence-electron chi connectivity index (χ1n) is 5.76. The number of hydrogen-bond acceptors (Lipinski definition) is 2. The molecule has 0 N–H and O–H groups in total. The Labute approximate surface area is 101 Å². The Kier molecular flexibility index (Phi) is 2.74. The van der Waals surface area contributed by atoms with Gasteiger partial charge in [0.1, 0.15) is 0 Å². The number of rotatable bonds is 1. The van der Waals surface area contributed by atoms with Crippen LogP contribution in [0, 0.1) is 5.41 Å². The standard InChI is InChI=1S/C15H16O2/c1-15(2,3)9-10-4-5-11-12(8-10)14(17)7-6-13(11)16/h4-8H,9H2,1-3H3. The number of fused-ring (bicyclic) bond motifs is 1. The van der Waals surface area contributed by atoms with Crippen molar-refractivity contribution in [2.24, 2.45) is 5.41 Å². The minimum atomic E-state index is -0.0816. The van der Waals surface area contributed by atoms with Gasteiger partial charge in [-0.05, 0) is 35.6 Å². The maximum absolute atomic E-state index is 11.7. The van der Waals surface area contributed by atoms with Gasteiger partial charge in [0.25, 0.3) is 0 Å². The topological polar surface area (TPSA) is 34.1 Å². The Hall–Kier alpha value is -1.70. The summed E-state index contributed by atoms with van der Waals surface area (Å²) in [5.41, 5.74) is 2.34. The van der Waals surface area contributed by atoms with E-state index in [9.17, 15) is 9.59 Å². The summed E-state index contributed by atoms with van der Waals surface area (Å²) >= 11 is 0. The second-order valence-corrected chi connectivity index (χ2v) is 5.68. The summed E-state index contributed by atoms with van der Waals surface area (Å²) in [7, 11) is 0. The molecule has 0 radical (unpaired) electrons. The van der Waals surface area contributed by atoms with Crippen molar-refractivity contribution in [2.75, 3.05) is 0 Å². The Morgan fingerprint density at radius 3 is 2.12 bits per heavy atom. The average molecular weight is 228 g/mol. The van der Waals surface area contributed by atoms with E-state index in [2.05, 4.69) is 20.8 Å². The van der Waals surface area contributed by atoms with Crippen LogP contribution in [-0.2, 0) is 6.42 Å². The molecule has 0 saturated carbocycles. The van der Waals surface area contributed by atoms with Crippen LogP contribution in [0.2, 0.25) is 0 Å². The largest absolute Gasteiger partial charge is 0.289 e. The van der Waals surface area contributed by atoms with Crippen molar-refractivity contribution in [2.45, 2.75) is 27.2 Å². The third-order valence-corrected chi connectivity index (χ3v) is 2.74. The molecule has 0 heterocycles. The fourth-order valence-electron chi connectivity index (χ4n) is 2.06. The molecule has 2 rings (SSSR count). The van der Waals surface area contributed by atoms with E-state index in [1.54, 1.807) is 6.07 Å². The lowest BCUT2D eigenvalue weighted by molar-refractivity contribution is 0.0994. The van der Waals surface area contributed by atoms with Gasteiger partial charge in [-0.15, -0.1) is 0 Å². The lowest BCUT2D eigenvalue weighted by Gasteiger charge is -2.19. The molecule has 0 aliphatic heterocycles. The fraction of sp³-hybridized carbons (Fsp3) is 0.333. The minimum Gasteiger partial charge on any atom is -0.289 e. The van der Waals surface area contributed by atoms with Crippen LogP contribution in [0.1, 0.15) is 47.1 Å². The van der Waals surface area contributed by atoms with Gasteiger partial charge in [-0.2, -0.15) is 0 Å². The number of carbonyl (C=O) groups excluding carboxylic acids is 2. The van der Waals surface area contributed by atoms with E-state index in [1.165, 1.54) is 12.2 Å². The smallest absolute Gasteiger partial charge is 0.186 e. The van der Waals surface area contributed by atoms with Gasteiger partial charge in [0, 0.05) is 11.1 Å². The zero-order valence-corrected chi connectivity index (χ0v) is 10.4. The number of hydrogen-bond donors (Lipinski definition) is 0. The molecule has 88 valence electrons. The van der Waals surface area contributed by atoms with Crippen molar-refractivity contribution in [1.82, 2.24) is 0 Å². The molecule has 0 aromatic heterocycles. The zero-order chi connectivity index (χ0) is 12.6. The van der Waals surface area contributed by atoms with Crippen molar-refractivity contribution >= 4 is 11.6 Å². The lowest BCUT2D eigenvalue weighted by atomic mass is 9.85. The first kappa shape index (κ1) is 11.8. The summed E-state index contributed by atoms with van der Waals surface area (Å²) in [6.07, 6.45) is 3.59. The molecular weight excluding hydrogens is 212 g/mol. The van der Waals surface area contributed by atoms with Crippen molar-refractivity contribution in [3.8, 4) is 0 Å². The van der Waals surface area contributed by atoms with Crippen molar-refractivity contribution in [1.29, 1.82) is 0 Å². The van der Waals surface area contributed by atoms with Gasteiger partial charge in [-0.3, -0.25) is 9.59 Å². The lowest BCUT2D eigenvalue weighted by Crippen LogP contribution is -2.14. The predicted octanol–water partition coefficient (Wildman–Crippen LogP) is 3.21. The molecule has 0 bridgehead atoms. The Balaban J connectivity index is 2.42. The molecule has 2 nitrogen and oxygen atoms in total. The highest BCUT2D eigenvalue weighted by Gasteiger charge is 2.20. The number of benzene rings is 1. The number of ketones is 2. The van der Waals surface area contributed by atoms with Crippen LogP contribution in [-0.4, -0.2) is 11.6 Å². The third-order valence-electron chi connectivity index (χ3n) is 2.74. The van der Waals surface area contributed by atoms with E-state index in [-0.39, 0.29) is 17.0 Å². The second-order valence-electron chi connectivity index (χ2n) is 5.68. The van der Waals surface area contributed by atoms with Crippen LogP contribution in [0.15, 0.2) is 30.4 Å². The minimum absolute atomic E-state index is 0.0737. The van der Waals surface area contributed by atoms with Crippen molar-refractivity contribution in [3.05, 3.63) is 47.0 Å². The highest BCUT2D eigenvalue weighted by atomic mass is 16.1. The number of allylic oxidation sites excluding steroid dienone is 2. The van der Waals surface area contributed by atoms with Gasteiger partial charge in [0.05, 0.1) is 0 Å². The summed E-state index contributed by atoms with van der Waals surface area (Å²) in [5.74, 6) is -0.155. The summed E-state index contributed by atoms with van der Waals surface area (Å²) < 4.78 is 0. The molecule has 0 atom stereocenters. The van der Waals surface area contributed by atoms with E-state index in [0.29, 0.717) is 11.1 Å². The Bertz CT molecular complexity index is 516. The molecule has 1 aliphatic rings. The van der Waals surface area contributed by atoms with Gasteiger partial charge in [-0.1, -0.05) is 32.9 Å². The molecule has 0 fully saturated rings. The fourth-order valence-corrected chi connectivity index (χ4v) is 2.06. The highest BCUT2D eigenvalue weighted by Crippen LogP contribution is 2.24. The third kappa shape index (κ3) is 2.52. The molecular formula is C15H16O2. The molecule has 0 amide bonds. The zero-order valence-electron chi connectivity index (χ0n) is 10.4. The molecule has 1 aromatic carbocycles.